The Morgan fingerprint density at radius 3 is 2.55 bits per heavy atom. The highest BCUT2D eigenvalue weighted by atomic mass is 15.1. The zero-order valence-electron chi connectivity index (χ0n) is 12.2. The average Bonchev–Trinajstić information content (AvgIpc) is 3.19. The maximum atomic E-state index is 4.33. The molecule has 2 aliphatic rings. The standard InChI is InChI=1S/C16H20N4/c1-17-16-9-8-14(10-12(16)11-16)19-18-13-4-6-15(7-5-13)20(2)3/h4-10,12,17H,11H2,1-3H3. The first-order valence-corrected chi connectivity index (χ1v) is 6.92. The molecule has 1 N–H and O–H groups in total. The number of nitrogens with one attached hydrogen (secondary N) is 1. The number of nitrogens with zero attached hydrogens (tertiary/aromatic N) is 3. The number of benzene rings is 1. The minimum atomic E-state index is 0.201. The van der Waals surface area contributed by atoms with Crippen molar-refractivity contribution in [2.45, 2.75) is 12.0 Å². The van der Waals surface area contributed by atoms with Gasteiger partial charge in [-0.3, -0.25) is 0 Å². The number of hydrogen-bond donors (Lipinski definition) is 1. The van der Waals surface area contributed by atoms with Crippen LogP contribution < -0.4 is 10.2 Å². The second-order valence-corrected chi connectivity index (χ2v) is 5.64. The molecule has 1 aromatic carbocycles. The Morgan fingerprint density at radius 2 is 1.95 bits per heavy atom. The highest BCUT2D eigenvalue weighted by Gasteiger charge is 2.51. The molecule has 0 amide bonds. The maximum Gasteiger partial charge on any atom is 0.0858 e. The van der Waals surface area contributed by atoms with E-state index in [4.69, 9.17) is 0 Å². The number of hydrogen-bond acceptors (Lipinski definition) is 4. The molecule has 0 aromatic heterocycles. The summed E-state index contributed by atoms with van der Waals surface area (Å²) in [6, 6.07) is 8.07. The summed E-state index contributed by atoms with van der Waals surface area (Å²) in [5.74, 6) is 0.572. The normalized spacial score (nSPS) is 27.4. The van der Waals surface area contributed by atoms with Crippen molar-refractivity contribution in [3.63, 3.8) is 0 Å². The first-order chi connectivity index (χ1) is 9.63. The van der Waals surface area contributed by atoms with E-state index in [1.54, 1.807) is 0 Å². The van der Waals surface area contributed by atoms with Crippen LogP contribution in [0.15, 0.2) is 58.4 Å². The second kappa shape index (κ2) is 4.87. The Balaban J connectivity index is 1.68. The Bertz CT molecular complexity index is 583. The summed E-state index contributed by atoms with van der Waals surface area (Å²) in [4.78, 5) is 2.07. The van der Waals surface area contributed by atoms with Crippen molar-refractivity contribution in [3.8, 4) is 0 Å². The Kier molecular flexibility index (Phi) is 3.18. The third-order valence-electron chi connectivity index (χ3n) is 4.10. The van der Waals surface area contributed by atoms with Crippen molar-refractivity contribution in [2.75, 3.05) is 26.0 Å². The topological polar surface area (TPSA) is 40.0 Å². The van der Waals surface area contributed by atoms with E-state index in [0.29, 0.717) is 5.92 Å². The minimum Gasteiger partial charge on any atom is -0.378 e. The summed E-state index contributed by atoms with van der Waals surface area (Å²) < 4.78 is 0. The largest absolute Gasteiger partial charge is 0.378 e. The predicted molar refractivity (Wildman–Crippen MR) is 82.4 cm³/mol. The highest BCUT2D eigenvalue weighted by Crippen LogP contribution is 2.48. The number of azo groups is 1. The van der Waals surface area contributed by atoms with Crippen LogP contribution in [0.1, 0.15) is 6.42 Å². The van der Waals surface area contributed by atoms with Crippen molar-refractivity contribution in [1.82, 2.24) is 5.32 Å². The molecule has 20 heavy (non-hydrogen) atoms. The summed E-state index contributed by atoms with van der Waals surface area (Å²) in [5.41, 5.74) is 3.20. The van der Waals surface area contributed by atoms with Crippen LogP contribution in [-0.2, 0) is 0 Å². The van der Waals surface area contributed by atoms with Gasteiger partial charge < -0.3 is 10.2 Å². The molecule has 2 aliphatic carbocycles. The first-order valence-electron chi connectivity index (χ1n) is 6.92. The lowest BCUT2D eigenvalue weighted by molar-refractivity contribution is 0.631. The molecular formula is C16H20N4. The maximum absolute atomic E-state index is 4.33. The summed E-state index contributed by atoms with van der Waals surface area (Å²) in [7, 11) is 6.06. The molecule has 0 saturated heterocycles. The fourth-order valence-corrected chi connectivity index (χ4v) is 2.57. The van der Waals surface area contributed by atoms with Crippen LogP contribution >= 0.6 is 0 Å². The fourth-order valence-electron chi connectivity index (χ4n) is 2.57. The molecule has 1 fully saturated rings. The van der Waals surface area contributed by atoms with Gasteiger partial charge in [-0.25, -0.2) is 0 Å². The monoisotopic (exact) mass is 268 g/mol. The first kappa shape index (κ1) is 13.1. The molecule has 0 heterocycles. The third kappa shape index (κ3) is 2.39. The Labute approximate surface area is 119 Å². The number of likely N-dealkylation sites (N-methyl/N-ethyl adjacent to an activating group) is 1. The molecule has 4 nitrogen and oxygen atoms in total. The van der Waals surface area contributed by atoms with Crippen LogP contribution in [0.4, 0.5) is 11.4 Å². The quantitative estimate of drug-likeness (QED) is 0.851. The zero-order chi connectivity index (χ0) is 14.2. The van der Waals surface area contributed by atoms with Gasteiger partial charge in [-0.2, -0.15) is 10.2 Å². The molecule has 0 bridgehead atoms. The molecule has 0 radical (unpaired) electrons. The number of fused-ring (bicyclic) bond motifs is 1. The van der Waals surface area contributed by atoms with Crippen molar-refractivity contribution >= 4 is 11.4 Å². The van der Waals surface area contributed by atoms with Gasteiger partial charge in [0.25, 0.3) is 0 Å². The van der Waals surface area contributed by atoms with Crippen molar-refractivity contribution in [1.29, 1.82) is 0 Å². The number of rotatable bonds is 4. The van der Waals surface area contributed by atoms with Gasteiger partial charge in [0.05, 0.1) is 11.4 Å². The smallest absolute Gasteiger partial charge is 0.0858 e. The lowest BCUT2D eigenvalue weighted by atomic mass is 10.1. The molecule has 2 unspecified atom stereocenters. The molecule has 4 heteroatoms. The SMILES string of the molecule is CNC12C=CC(N=Nc3ccc(N(C)C)cc3)=CC1C2. The molecule has 3 rings (SSSR count). The zero-order valence-corrected chi connectivity index (χ0v) is 12.2. The van der Waals surface area contributed by atoms with E-state index in [-0.39, 0.29) is 5.54 Å². The summed E-state index contributed by atoms with van der Waals surface area (Å²) in [5, 5.41) is 12.0. The van der Waals surface area contributed by atoms with Gasteiger partial charge in [0.1, 0.15) is 0 Å². The van der Waals surface area contributed by atoms with E-state index in [0.717, 1.165) is 23.5 Å². The Morgan fingerprint density at radius 1 is 1.20 bits per heavy atom. The molecule has 2 atom stereocenters. The van der Waals surface area contributed by atoms with Crippen LogP contribution in [0, 0.1) is 5.92 Å². The second-order valence-electron chi connectivity index (χ2n) is 5.64. The lowest BCUT2D eigenvalue weighted by Gasteiger charge is -2.13. The van der Waals surface area contributed by atoms with E-state index in [2.05, 4.69) is 38.7 Å². The van der Waals surface area contributed by atoms with Crippen LogP contribution in [-0.4, -0.2) is 26.7 Å². The highest BCUT2D eigenvalue weighted by molar-refractivity contribution is 5.51. The van der Waals surface area contributed by atoms with Gasteiger partial charge in [-0.15, -0.1) is 0 Å². The molecule has 0 spiro atoms. The van der Waals surface area contributed by atoms with Crippen LogP contribution in [0.3, 0.4) is 0 Å². The van der Waals surface area contributed by atoms with Gasteiger partial charge in [0.15, 0.2) is 0 Å². The van der Waals surface area contributed by atoms with Gasteiger partial charge >= 0.3 is 0 Å². The van der Waals surface area contributed by atoms with Gasteiger partial charge in [0.2, 0.25) is 0 Å². The summed E-state index contributed by atoms with van der Waals surface area (Å²) >= 11 is 0. The molecule has 0 aliphatic heterocycles. The summed E-state index contributed by atoms with van der Waals surface area (Å²) in [6.07, 6.45) is 7.63. The fraction of sp³-hybridized carbons (Fsp3) is 0.375. The lowest BCUT2D eigenvalue weighted by Crippen LogP contribution is -2.28. The van der Waals surface area contributed by atoms with Crippen LogP contribution in [0.25, 0.3) is 0 Å². The Hall–Kier alpha value is -1.94. The van der Waals surface area contributed by atoms with E-state index in [1.807, 2.05) is 45.4 Å². The van der Waals surface area contributed by atoms with Crippen LogP contribution in [0.2, 0.25) is 0 Å². The molecular weight excluding hydrogens is 248 g/mol. The van der Waals surface area contributed by atoms with Gasteiger partial charge in [-0.1, -0.05) is 12.2 Å². The van der Waals surface area contributed by atoms with E-state index < -0.39 is 0 Å². The van der Waals surface area contributed by atoms with E-state index in [9.17, 15) is 0 Å². The number of allylic oxidation sites excluding steroid dienone is 1. The van der Waals surface area contributed by atoms with E-state index >= 15 is 0 Å². The van der Waals surface area contributed by atoms with Crippen LogP contribution in [0.5, 0.6) is 0 Å². The van der Waals surface area contributed by atoms with Crippen molar-refractivity contribution in [2.24, 2.45) is 16.1 Å². The average molecular weight is 268 g/mol. The molecule has 104 valence electrons. The van der Waals surface area contributed by atoms with E-state index in [1.165, 1.54) is 0 Å². The molecule has 1 aromatic rings. The molecule has 1 saturated carbocycles. The van der Waals surface area contributed by atoms with Gasteiger partial charge in [0, 0.05) is 31.2 Å². The summed E-state index contributed by atoms with van der Waals surface area (Å²) in [6.45, 7) is 0. The predicted octanol–water partition coefficient (Wildman–Crippen LogP) is 3.27. The van der Waals surface area contributed by atoms with Crippen molar-refractivity contribution in [3.05, 3.63) is 48.2 Å². The van der Waals surface area contributed by atoms with Gasteiger partial charge in [-0.05, 0) is 43.8 Å². The van der Waals surface area contributed by atoms with Crippen molar-refractivity contribution < 1.29 is 0 Å². The third-order valence-corrected chi connectivity index (χ3v) is 4.10. The number of anilines is 1. The minimum absolute atomic E-state index is 0.201.